The van der Waals surface area contributed by atoms with E-state index >= 15 is 0 Å². The van der Waals surface area contributed by atoms with E-state index in [-0.39, 0.29) is 11.5 Å². The highest BCUT2D eigenvalue weighted by atomic mass is 16.5. The quantitative estimate of drug-likeness (QED) is 0.351. The number of benzene rings is 2. The lowest BCUT2D eigenvalue weighted by Gasteiger charge is -2.21. The second kappa shape index (κ2) is 12.2. The van der Waals surface area contributed by atoms with Crippen molar-refractivity contribution in [3.05, 3.63) is 70.5 Å². The van der Waals surface area contributed by atoms with Crippen LogP contribution in [-0.4, -0.2) is 54.8 Å². The number of carbonyl (C=O) groups is 1. The second-order valence-electron chi connectivity index (χ2n) is 7.80. The second-order valence-corrected chi connectivity index (χ2v) is 7.80. The van der Waals surface area contributed by atoms with Gasteiger partial charge in [0.05, 0.1) is 31.4 Å². The van der Waals surface area contributed by atoms with Crippen molar-refractivity contribution in [3.8, 4) is 11.3 Å². The summed E-state index contributed by atoms with van der Waals surface area (Å²) in [5.74, 6) is -0.223. The van der Waals surface area contributed by atoms with Crippen LogP contribution < -0.4 is 5.56 Å². The molecule has 0 aliphatic rings. The topological polar surface area (TPSA) is 87.4 Å². The molecular weight excluding hydrogens is 430 g/mol. The molecule has 0 saturated carbocycles. The third-order valence-corrected chi connectivity index (χ3v) is 5.61. The third kappa shape index (κ3) is 6.12. The Morgan fingerprint density at radius 1 is 0.912 bits per heavy atom. The molecule has 0 radical (unpaired) electrons. The number of rotatable bonds is 9. The molecule has 0 saturated heterocycles. The zero-order valence-electron chi connectivity index (χ0n) is 20.3. The van der Waals surface area contributed by atoms with Gasteiger partial charge in [-0.3, -0.25) is 14.5 Å². The molecule has 4 rings (SSSR count). The lowest BCUT2D eigenvalue weighted by molar-refractivity contribution is -0.141. The Bertz CT molecular complexity index is 1290. The number of pyridine rings is 1. The number of carbonyl (C=O) groups excluding carboxylic acids is 1. The Balaban J connectivity index is 0.00000158. The van der Waals surface area contributed by atoms with E-state index in [0.717, 1.165) is 39.6 Å². The van der Waals surface area contributed by atoms with Crippen LogP contribution in [0.15, 0.2) is 59.4 Å². The Hall–Kier alpha value is -3.42. The van der Waals surface area contributed by atoms with Crippen molar-refractivity contribution in [1.29, 1.82) is 0 Å². The van der Waals surface area contributed by atoms with Gasteiger partial charge in [0.15, 0.2) is 0 Å². The normalized spacial score (nSPS) is 11.0. The molecule has 0 atom stereocenters. The molecule has 0 aliphatic heterocycles. The van der Waals surface area contributed by atoms with Gasteiger partial charge in [0.2, 0.25) is 0 Å². The van der Waals surface area contributed by atoms with E-state index in [2.05, 4.69) is 27.0 Å². The van der Waals surface area contributed by atoms with Crippen molar-refractivity contribution < 1.29 is 14.3 Å². The van der Waals surface area contributed by atoms with E-state index < -0.39 is 0 Å². The molecule has 0 bridgehead atoms. The molecule has 0 amide bonds. The van der Waals surface area contributed by atoms with Gasteiger partial charge in [-0.05, 0) is 41.3 Å². The van der Waals surface area contributed by atoms with Gasteiger partial charge < -0.3 is 19.4 Å². The number of aromatic amines is 2. The predicted octanol–water partition coefficient (Wildman–Crippen LogP) is 4.71. The highest BCUT2D eigenvalue weighted by Crippen LogP contribution is 2.25. The van der Waals surface area contributed by atoms with E-state index in [0.29, 0.717) is 31.7 Å². The molecule has 4 aromatic rings. The van der Waals surface area contributed by atoms with Crippen molar-refractivity contribution >= 4 is 27.8 Å². The molecule has 7 heteroatoms. The van der Waals surface area contributed by atoms with Gasteiger partial charge in [0.25, 0.3) is 5.56 Å². The minimum Gasteiger partial charge on any atom is -0.469 e. The summed E-state index contributed by atoms with van der Waals surface area (Å²) < 4.78 is 9.98. The average molecular weight is 464 g/mol. The van der Waals surface area contributed by atoms with Crippen LogP contribution in [0.4, 0.5) is 0 Å². The van der Waals surface area contributed by atoms with Crippen LogP contribution in [0.25, 0.3) is 33.1 Å². The van der Waals surface area contributed by atoms with Crippen LogP contribution in [0, 0.1) is 0 Å². The number of fused-ring (bicyclic) bond motifs is 2. The first kappa shape index (κ1) is 25.2. The fourth-order valence-electron chi connectivity index (χ4n) is 3.87. The van der Waals surface area contributed by atoms with Crippen LogP contribution in [0.3, 0.4) is 0 Å². The fraction of sp³-hybridized carbons (Fsp3) is 0.333. The van der Waals surface area contributed by atoms with Crippen molar-refractivity contribution in [3.63, 3.8) is 0 Å². The molecule has 0 aliphatic carbocycles. The number of ether oxygens (including phenoxy) is 2. The van der Waals surface area contributed by atoms with Gasteiger partial charge in [0.1, 0.15) is 0 Å². The number of H-pyrrole nitrogens is 2. The number of hydrogen-bond acceptors (Lipinski definition) is 5. The smallest absolute Gasteiger partial charge is 0.306 e. The van der Waals surface area contributed by atoms with Crippen LogP contribution >= 0.6 is 0 Å². The molecule has 0 fully saturated rings. The van der Waals surface area contributed by atoms with E-state index in [1.807, 2.05) is 56.3 Å². The van der Waals surface area contributed by atoms with E-state index in [1.165, 1.54) is 7.11 Å². The first-order valence-corrected chi connectivity index (χ1v) is 11.6. The van der Waals surface area contributed by atoms with E-state index in [9.17, 15) is 9.59 Å². The predicted molar refractivity (Wildman–Crippen MR) is 137 cm³/mol. The summed E-state index contributed by atoms with van der Waals surface area (Å²) in [6.45, 7) is 6.59. The molecule has 34 heavy (non-hydrogen) atoms. The summed E-state index contributed by atoms with van der Waals surface area (Å²) in [7, 11) is 3.07. The highest BCUT2D eigenvalue weighted by Gasteiger charge is 2.12. The van der Waals surface area contributed by atoms with Crippen molar-refractivity contribution in [1.82, 2.24) is 14.9 Å². The zero-order valence-corrected chi connectivity index (χ0v) is 20.3. The fourth-order valence-corrected chi connectivity index (χ4v) is 3.87. The third-order valence-electron chi connectivity index (χ3n) is 5.61. The lowest BCUT2D eigenvalue weighted by atomic mass is 10.1. The van der Waals surface area contributed by atoms with Crippen LogP contribution in [-0.2, 0) is 20.8 Å². The standard InChI is InChI=1S/C25H27N3O4.C2H6/c1-31-12-11-28(10-9-24(29)32-2)16-17-7-8-22-19(13-17)15-23(26-22)20-14-18-5-3-4-6-21(18)27-25(20)30;1-2/h3-8,13-15,26H,9-12,16H2,1-2H3,(H,27,30);1-2H3. The molecule has 2 aromatic carbocycles. The SMILES string of the molecule is CC.COCCN(CCC(=O)OC)Cc1ccc2[nH]c(-c3cc4ccccc4[nH]c3=O)cc2c1. The first-order chi connectivity index (χ1) is 16.6. The summed E-state index contributed by atoms with van der Waals surface area (Å²) in [6, 6.07) is 17.9. The number of para-hydroxylation sites is 1. The number of aromatic nitrogens is 2. The summed E-state index contributed by atoms with van der Waals surface area (Å²) in [5.41, 5.74) is 4.19. The Labute approximate surface area is 199 Å². The van der Waals surface area contributed by atoms with Gasteiger partial charge in [-0.2, -0.15) is 0 Å². The molecule has 2 heterocycles. The maximum atomic E-state index is 12.6. The maximum Gasteiger partial charge on any atom is 0.306 e. The van der Waals surface area contributed by atoms with Crippen molar-refractivity contribution in [2.45, 2.75) is 26.8 Å². The van der Waals surface area contributed by atoms with E-state index in [1.54, 1.807) is 7.11 Å². The summed E-state index contributed by atoms with van der Waals surface area (Å²) in [4.78, 5) is 32.7. The Morgan fingerprint density at radius 2 is 1.68 bits per heavy atom. The Kier molecular flexibility index (Phi) is 9.01. The molecular formula is C27H33N3O4. The first-order valence-electron chi connectivity index (χ1n) is 11.6. The molecule has 0 unspecified atom stereocenters. The zero-order chi connectivity index (χ0) is 24.5. The molecule has 2 N–H and O–H groups in total. The monoisotopic (exact) mass is 463 g/mol. The molecule has 180 valence electrons. The number of hydrogen-bond donors (Lipinski definition) is 2. The van der Waals surface area contributed by atoms with E-state index in [4.69, 9.17) is 9.47 Å². The number of esters is 1. The van der Waals surface area contributed by atoms with Gasteiger partial charge in [-0.1, -0.05) is 38.1 Å². The maximum absolute atomic E-state index is 12.6. The van der Waals surface area contributed by atoms with Gasteiger partial charge in [-0.15, -0.1) is 0 Å². The largest absolute Gasteiger partial charge is 0.469 e. The molecule has 7 nitrogen and oxygen atoms in total. The minimum atomic E-state index is -0.223. The van der Waals surface area contributed by atoms with Crippen LogP contribution in [0.1, 0.15) is 25.8 Å². The summed E-state index contributed by atoms with van der Waals surface area (Å²) >= 11 is 0. The van der Waals surface area contributed by atoms with Gasteiger partial charge in [0, 0.05) is 43.2 Å². The minimum absolute atomic E-state index is 0.121. The number of methoxy groups -OCH3 is 2. The van der Waals surface area contributed by atoms with Crippen molar-refractivity contribution in [2.75, 3.05) is 33.9 Å². The number of nitrogens with one attached hydrogen (secondary N) is 2. The van der Waals surface area contributed by atoms with Crippen LogP contribution in [0.2, 0.25) is 0 Å². The van der Waals surface area contributed by atoms with Crippen molar-refractivity contribution in [2.24, 2.45) is 0 Å². The average Bonchev–Trinajstić information content (AvgIpc) is 3.29. The lowest BCUT2D eigenvalue weighted by Crippen LogP contribution is -2.29. The van der Waals surface area contributed by atoms with Gasteiger partial charge in [-0.25, -0.2) is 0 Å². The summed E-state index contributed by atoms with van der Waals surface area (Å²) in [6.07, 6.45) is 0.335. The van der Waals surface area contributed by atoms with Crippen LogP contribution in [0.5, 0.6) is 0 Å². The number of nitrogens with zero attached hydrogens (tertiary/aromatic N) is 1. The molecule has 0 spiro atoms. The molecule has 2 aromatic heterocycles. The highest BCUT2D eigenvalue weighted by molar-refractivity contribution is 5.89. The van der Waals surface area contributed by atoms with Gasteiger partial charge >= 0.3 is 5.97 Å². The summed E-state index contributed by atoms with van der Waals surface area (Å²) in [5, 5.41) is 2.02. The Morgan fingerprint density at radius 3 is 2.44 bits per heavy atom.